The Labute approximate surface area is 169 Å². The normalized spacial score (nSPS) is 10.9. The van der Waals surface area contributed by atoms with Crippen molar-refractivity contribution < 1.29 is 9.26 Å². The molecule has 0 atom stereocenters. The molecule has 2 aromatic carbocycles. The molecular weight excluding hydrogens is 400 g/mol. The highest BCUT2D eigenvalue weighted by molar-refractivity contribution is 7.98. The molecule has 2 aromatic heterocycles. The zero-order chi connectivity index (χ0) is 19.3. The summed E-state index contributed by atoms with van der Waals surface area (Å²) in [6, 6.07) is 15.1. The molecule has 8 nitrogen and oxygen atoms in total. The van der Waals surface area contributed by atoms with E-state index in [1.807, 2.05) is 42.5 Å². The molecule has 0 unspecified atom stereocenters. The van der Waals surface area contributed by atoms with Crippen molar-refractivity contribution in [3.8, 4) is 17.2 Å². The summed E-state index contributed by atoms with van der Waals surface area (Å²) in [6.45, 7) is 0.552. The Hall–Kier alpha value is -2.91. The van der Waals surface area contributed by atoms with Gasteiger partial charge < -0.3 is 9.26 Å². The Kier molecular flexibility index (Phi) is 5.54. The van der Waals surface area contributed by atoms with Gasteiger partial charge in [0.1, 0.15) is 5.75 Å². The maximum absolute atomic E-state index is 6.17. The molecular formula is C18H15ClN6O2S. The largest absolute Gasteiger partial charge is 0.497 e. The number of ether oxygens (including phenoxy) is 1. The second-order valence-corrected chi connectivity index (χ2v) is 7.10. The number of nitrogens with zero attached hydrogens (tertiary/aromatic N) is 6. The van der Waals surface area contributed by atoms with Crippen LogP contribution >= 0.6 is 23.4 Å². The van der Waals surface area contributed by atoms with E-state index in [9.17, 15) is 0 Å². The average Bonchev–Trinajstić information content (AvgIpc) is 3.37. The maximum atomic E-state index is 6.17. The van der Waals surface area contributed by atoms with E-state index in [1.54, 1.807) is 17.9 Å². The number of halogens is 1. The summed E-state index contributed by atoms with van der Waals surface area (Å²) in [5.74, 6) is 2.20. The summed E-state index contributed by atoms with van der Waals surface area (Å²) < 4.78 is 12.2. The predicted molar refractivity (Wildman–Crippen MR) is 104 cm³/mol. The van der Waals surface area contributed by atoms with E-state index in [0.717, 1.165) is 11.3 Å². The number of benzene rings is 2. The summed E-state index contributed by atoms with van der Waals surface area (Å²) >= 11 is 7.60. The van der Waals surface area contributed by atoms with Crippen LogP contribution in [0.15, 0.2) is 58.2 Å². The first-order valence-electron chi connectivity index (χ1n) is 8.32. The van der Waals surface area contributed by atoms with E-state index in [0.29, 0.717) is 39.8 Å². The highest BCUT2D eigenvalue weighted by Gasteiger charge is 2.14. The lowest BCUT2D eigenvalue weighted by molar-refractivity contribution is 0.414. The van der Waals surface area contributed by atoms with Crippen molar-refractivity contribution in [3.63, 3.8) is 0 Å². The molecule has 0 aliphatic carbocycles. The fourth-order valence-corrected chi connectivity index (χ4v) is 3.43. The number of tetrazole rings is 1. The van der Waals surface area contributed by atoms with Gasteiger partial charge in [0.15, 0.2) is 5.82 Å². The smallest absolute Gasteiger partial charge is 0.259 e. The van der Waals surface area contributed by atoms with Crippen molar-refractivity contribution in [1.29, 1.82) is 0 Å². The average molecular weight is 415 g/mol. The molecule has 0 saturated carbocycles. The number of hydrogen-bond acceptors (Lipinski definition) is 8. The second-order valence-electron chi connectivity index (χ2n) is 5.75. The zero-order valence-corrected chi connectivity index (χ0v) is 16.4. The Bertz CT molecular complexity index is 1070. The Morgan fingerprint density at radius 3 is 2.75 bits per heavy atom. The summed E-state index contributed by atoms with van der Waals surface area (Å²) in [6.07, 6.45) is 0. The Morgan fingerprint density at radius 1 is 1.14 bits per heavy atom. The van der Waals surface area contributed by atoms with Crippen LogP contribution in [-0.4, -0.2) is 37.5 Å². The lowest BCUT2D eigenvalue weighted by Crippen LogP contribution is -2.04. The Morgan fingerprint density at radius 2 is 1.96 bits per heavy atom. The van der Waals surface area contributed by atoms with E-state index in [4.69, 9.17) is 20.9 Å². The molecule has 0 amide bonds. The quantitative estimate of drug-likeness (QED) is 0.422. The van der Waals surface area contributed by atoms with Gasteiger partial charge in [-0.25, -0.2) is 4.68 Å². The minimum absolute atomic E-state index is 0.388. The van der Waals surface area contributed by atoms with Gasteiger partial charge >= 0.3 is 0 Å². The fraction of sp³-hybridized carbons (Fsp3) is 0.167. The molecule has 10 heteroatoms. The van der Waals surface area contributed by atoms with Crippen LogP contribution < -0.4 is 4.74 Å². The van der Waals surface area contributed by atoms with Crippen LogP contribution in [0, 0.1) is 0 Å². The molecule has 4 aromatic rings. The number of hydrogen-bond donors (Lipinski definition) is 0. The number of aromatic nitrogens is 6. The standard InChI is InChI=1S/C18H15ClN6O2S/c1-26-13-8-6-12(7-9-13)10-25-18(21-23-24-25)28-11-16-20-17(27-22-16)14-4-2-3-5-15(14)19/h2-9H,10-11H2,1H3. The number of thioether (sulfide) groups is 1. The highest BCUT2D eigenvalue weighted by Crippen LogP contribution is 2.27. The number of methoxy groups -OCH3 is 1. The van der Waals surface area contributed by atoms with Gasteiger partial charge in [-0.3, -0.25) is 0 Å². The molecule has 0 fully saturated rings. The summed E-state index contributed by atoms with van der Waals surface area (Å²) in [4.78, 5) is 4.40. The van der Waals surface area contributed by atoms with Crippen LogP contribution in [0.2, 0.25) is 5.02 Å². The van der Waals surface area contributed by atoms with Crippen LogP contribution in [0.1, 0.15) is 11.4 Å². The van der Waals surface area contributed by atoms with Crippen LogP contribution in [-0.2, 0) is 12.3 Å². The molecule has 0 saturated heterocycles. The molecule has 0 N–H and O–H groups in total. The van der Waals surface area contributed by atoms with Gasteiger partial charge in [0.2, 0.25) is 5.16 Å². The first-order valence-corrected chi connectivity index (χ1v) is 9.68. The van der Waals surface area contributed by atoms with Crippen molar-refractivity contribution in [1.82, 2.24) is 30.3 Å². The molecule has 0 aliphatic rings. The lowest BCUT2D eigenvalue weighted by atomic mass is 10.2. The van der Waals surface area contributed by atoms with Crippen molar-refractivity contribution >= 4 is 23.4 Å². The lowest BCUT2D eigenvalue weighted by Gasteiger charge is -2.05. The molecule has 4 rings (SSSR count). The van der Waals surface area contributed by atoms with Gasteiger partial charge in [-0.15, -0.1) is 5.10 Å². The topological polar surface area (TPSA) is 91.8 Å². The van der Waals surface area contributed by atoms with Crippen molar-refractivity contribution in [2.45, 2.75) is 17.5 Å². The minimum atomic E-state index is 0.388. The Balaban J connectivity index is 1.42. The van der Waals surface area contributed by atoms with Gasteiger partial charge in [-0.05, 0) is 40.3 Å². The first-order chi connectivity index (χ1) is 13.7. The third-order valence-electron chi connectivity index (χ3n) is 3.89. The van der Waals surface area contributed by atoms with E-state index in [1.165, 1.54) is 11.8 Å². The van der Waals surface area contributed by atoms with E-state index in [-0.39, 0.29) is 0 Å². The van der Waals surface area contributed by atoms with Crippen LogP contribution in [0.5, 0.6) is 5.75 Å². The van der Waals surface area contributed by atoms with Gasteiger partial charge in [0.25, 0.3) is 5.89 Å². The van der Waals surface area contributed by atoms with Crippen LogP contribution in [0.3, 0.4) is 0 Å². The van der Waals surface area contributed by atoms with Crippen molar-refractivity contribution in [2.75, 3.05) is 7.11 Å². The van der Waals surface area contributed by atoms with Crippen LogP contribution in [0.25, 0.3) is 11.5 Å². The first kappa shape index (κ1) is 18.5. The molecule has 0 aliphatic heterocycles. The van der Waals surface area contributed by atoms with Gasteiger partial charge in [0, 0.05) is 0 Å². The van der Waals surface area contributed by atoms with Crippen molar-refractivity contribution in [3.05, 3.63) is 64.9 Å². The molecule has 0 radical (unpaired) electrons. The van der Waals surface area contributed by atoms with E-state index in [2.05, 4.69) is 25.7 Å². The third kappa shape index (κ3) is 4.15. The van der Waals surface area contributed by atoms with E-state index < -0.39 is 0 Å². The maximum Gasteiger partial charge on any atom is 0.259 e. The fourth-order valence-electron chi connectivity index (χ4n) is 2.49. The summed E-state index contributed by atoms with van der Waals surface area (Å²) in [7, 11) is 1.64. The predicted octanol–water partition coefficient (Wildman–Crippen LogP) is 3.73. The highest BCUT2D eigenvalue weighted by atomic mass is 35.5. The summed E-state index contributed by atoms with van der Waals surface area (Å²) in [5, 5.41) is 17.1. The molecule has 2 heterocycles. The second kappa shape index (κ2) is 8.41. The minimum Gasteiger partial charge on any atom is -0.497 e. The monoisotopic (exact) mass is 414 g/mol. The number of rotatable bonds is 7. The SMILES string of the molecule is COc1ccc(Cn2nnnc2SCc2noc(-c3ccccc3Cl)n2)cc1. The molecule has 0 bridgehead atoms. The third-order valence-corrected chi connectivity index (χ3v) is 5.18. The molecule has 28 heavy (non-hydrogen) atoms. The van der Waals surface area contributed by atoms with E-state index >= 15 is 0 Å². The summed E-state index contributed by atoms with van der Waals surface area (Å²) in [5.41, 5.74) is 1.77. The molecule has 142 valence electrons. The molecule has 0 spiro atoms. The van der Waals surface area contributed by atoms with Crippen molar-refractivity contribution in [2.24, 2.45) is 0 Å². The van der Waals surface area contributed by atoms with Gasteiger partial charge in [-0.2, -0.15) is 4.98 Å². The van der Waals surface area contributed by atoms with Gasteiger partial charge in [0.05, 0.1) is 30.0 Å². The van der Waals surface area contributed by atoms with Crippen LogP contribution in [0.4, 0.5) is 0 Å². The van der Waals surface area contributed by atoms with Gasteiger partial charge in [-0.1, -0.05) is 52.8 Å². The zero-order valence-electron chi connectivity index (χ0n) is 14.8.